The molecule has 0 spiro atoms. The molecule has 25 heavy (non-hydrogen) atoms. The van der Waals surface area contributed by atoms with Crippen LogP contribution in [0.15, 0.2) is 39.5 Å². The first-order chi connectivity index (χ1) is 12.2. The molecule has 3 heterocycles. The van der Waals surface area contributed by atoms with Gasteiger partial charge < -0.3 is 9.80 Å². The third kappa shape index (κ3) is 3.86. The Labute approximate surface area is 153 Å². The first kappa shape index (κ1) is 16.6. The number of likely N-dealkylation sites (N-methyl/N-ethyl adjacent to an activating group) is 1. The predicted molar refractivity (Wildman–Crippen MR) is 104 cm³/mol. The molecule has 0 radical (unpaired) electrons. The van der Waals surface area contributed by atoms with E-state index in [1.165, 1.54) is 4.70 Å². The summed E-state index contributed by atoms with van der Waals surface area (Å²) >= 11 is 3.30. The van der Waals surface area contributed by atoms with Crippen molar-refractivity contribution in [3.05, 3.63) is 46.4 Å². The molecule has 4 rings (SSSR count). The van der Waals surface area contributed by atoms with Crippen molar-refractivity contribution in [1.82, 2.24) is 19.9 Å². The number of rotatable bonds is 4. The summed E-state index contributed by atoms with van der Waals surface area (Å²) in [5.41, 5.74) is 1.72. The molecule has 0 bridgehead atoms. The topological polar surface area (TPSA) is 65.1 Å². The highest BCUT2D eigenvalue weighted by Gasteiger charge is 2.17. The van der Waals surface area contributed by atoms with Crippen LogP contribution in [0.2, 0.25) is 0 Å². The lowest BCUT2D eigenvalue weighted by Gasteiger charge is -2.32. The zero-order valence-electron chi connectivity index (χ0n) is 13.9. The highest BCUT2D eigenvalue weighted by atomic mass is 32.2. The molecule has 130 valence electrons. The molecule has 1 aliphatic rings. The Morgan fingerprint density at radius 2 is 2.00 bits per heavy atom. The number of hydrogen-bond donors (Lipinski definition) is 1. The minimum atomic E-state index is -0.0937. The van der Waals surface area contributed by atoms with Crippen LogP contribution in [-0.2, 0) is 5.75 Å². The number of nitrogens with one attached hydrogen (secondary N) is 1. The average Bonchev–Trinajstić information content (AvgIpc) is 3.03. The van der Waals surface area contributed by atoms with Gasteiger partial charge in [0.1, 0.15) is 0 Å². The lowest BCUT2D eigenvalue weighted by molar-refractivity contribution is 0.311. The average molecular weight is 374 g/mol. The Morgan fingerprint density at radius 1 is 1.20 bits per heavy atom. The molecule has 0 amide bonds. The molecule has 1 aliphatic heterocycles. The van der Waals surface area contributed by atoms with Gasteiger partial charge in [-0.15, -0.1) is 11.3 Å². The van der Waals surface area contributed by atoms with Gasteiger partial charge in [0, 0.05) is 38.0 Å². The molecule has 2 aromatic heterocycles. The summed E-state index contributed by atoms with van der Waals surface area (Å²) in [6.45, 7) is 3.73. The molecule has 6 nitrogen and oxygen atoms in total. The number of para-hydroxylation sites is 1. The van der Waals surface area contributed by atoms with Gasteiger partial charge in [-0.25, -0.2) is 9.97 Å². The van der Waals surface area contributed by atoms with Crippen molar-refractivity contribution in [2.24, 2.45) is 0 Å². The maximum absolute atomic E-state index is 12.0. The molecular formula is C17H19N5OS2. The summed E-state index contributed by atoms with van der Waals surface area (Å²) in [5.74, 6) is 1.32. The molecule has 1 N–H and O–H groups in total. The molecule has 0 atom stereocenters. The number of fused-ring (bicyclic) bond motifs is 1. The Bertz CT molecular complexity index is 897. The van der Waals surface area contributed by atoms with Crippen LogP contribution in [0.3, 0.4) is 0 Å². The molecule has 0 aliphatic carbocycles. The Balaban J connectivity index is 1.49. The lowest BCUT2D eigenvalue weighted by atomic mass is 10.3. The number of thiazole rings is 1. The van der Waals surface area contributed by atoms with E-state index in [2.05, 4.69) is 37.9 Å². The number of hydrogen-bond acceptors (Lipinski definition) is 7. The van der Waals surface area contributed by atoms with Gasteiger partial charge in [0.15, 0.2) is 4.34 Å². The van der Waals surface area contributed by atoms with Gasteiger partial charge in [0.25, 0.3) is 5.56 Å². The number of piperazine rings is 1. The van der Waals surface area contributed by atoms with Gasteiger partial charge in [-0.2, -0.15) is 0 Å². The Morgan fingerprint density at radius 3 is 2.80 bits per heavy atom. The van der Waals surface area contributed by atoms with E-state index in [0.29, 0.717) is 11.7 Å². The fourth-order valence-electron chi connectivity index (χ4n) is 2.78. The minimum absolute atomic E-state index is 0.0937. The summed E-state index contributed by atoms with van der Waals surface area (Å²) in [6.07, 6.45) is 0. The monoisotopic (exact) mass is 373 g/mol. The zero-order chi connectivity index (χ0) is 17.2. The highest BCUT2D eigenvalue weighted by Crippen LogP contribution is 2.31. The zero-order valence-corrected chi connectivity index (χ0v) is 15.6. The van der Waals surface area contributed by atoms with Crippen LogP contribution < -0.4 is 10.5 Å². The normalized spacial score (nSPS) is 15.8. The fourth-order valence-corrected chi connectivity index (χ4v) is 4.75. The first-order valence-electron chi connectivity index (χ1n) is 8.19. The molecule has 0 unspecified atom stereocenters. The Kier molecular flexibility index (Phi) is 4.74. The fraction of sp³-hybridized carbons (Fsp3) is 0.353. The van der Waals surface area contributed by atoms with Crippen LogP contribution >= 0.6 is 23.1 Å². The third-order valence-corrected chi connectivity index (χ3v) is 6.42. The van der Waals surface area contributed by atoms with Crippen LogP contribution in [0.5, 0.6) is 0 Å². The second-order valence-electron chi connectivity index (χ2n) is 6.09. The van der Waals surface area contributed by atoms with Crippen molar-refractivity contribution in [2.75, 3.05) is 38.1 Å². The summed E-state index contributed by atoms with van der Waals surface area (Å²) in [6, 6.07) is 9.70. The van der Waals surface area contributed by atoms with Crippen LogP contribution in [-0.4, -0.2) is 53.1 Å². The van der Waals surface area contributed by atoms with Gasteiger partial charge in [0.05, 0.1) is 15.9 Å². The first-order valence-corrected chi connectivity index (χ1v) is 10.00. The van der Waals surface area contributed by atoms with Crippen molar-refractivity contribution < 1.29 is 0 Å². The van der Waals surface area contributed by atoms with Crippen LogP contribution in [0.1, 0.15) is 5.69 Å². The minimum Gasteiger partial charge on any atom is -0.340 e. The number of nitrogens with zero attached hydrogens (tertiary/aromatic N) is 4. The second kappa shape index (κ2) is 7.15. The summed E-state index contributed by atoms with van der Waals surface area (Å²) in [7, 11) is 2.11. The van der Waals surface area contributed by atoms with Crippen molar-refractivity contribution >= 4 is 39.3 Å². The standard InChI is InChI=1S/C17H19N5OS2/c1-21-6-8-22(9-7-21)16-18-12(10-15(23)20-16)11-24-17-19-13-4-2-3-5-14(13)25-17/h2-5,10H,6-9,11H2,1H3,(H,18,20,23). The molecule has 8 heteroatoms. The van der Waals surface area contributed by atoms with E-state index < -0.39 is 0 Å². The maximum atomic E-state index is 12.0. The van der Waals surface area contributed by atoms with Crippen molar-refractivity contribution in [1.29, 1.82) is 0 Å². The summed E-state index contributed by atoms with van der Waals surface area (Å²) in [5, 5.41) is 0. The largest absolute Gasteiger partial charge is 0.340 e. The summed E-state index contributed by atoms with van der Waals surface area (Å²) < 4.78 is 2.19. The van der Waals surface area contributed by atoms with Gasteiger partial charge in [-0.05, 0) is 19.2 Å². The van der Waals surface area contributed by atoms with Crippen LogP contribution in [0, 0.1) is 0 Å². The van der Waals surface area contributed by atoms with E-state index in [0.717, 1.165) is 41.7 Å². The highest BCUT2D eigenvalue weighted by molar-refractivity contribution is 8.00. The molecule has 1 saturated heterocycles. The van der Waals surface area contributed by atoms with E-state index in [1.54, 1.807) is 29.2 Å². The number of aromatic nitrogens is 3. The van der Waals surface area contributed by atoms with E-state index >= 15 is 0 Å². The molecule has 0 saturated carbocycles. The van der Waals surface area contributed by atoms with Crippen LogP contribution in [0.4, 0.5) is 5.95 Å². The van der Waals surface area contributed by atoms with E-state index in [9.17, 15) is 4.79 Å². The van der Waals surface area contributed by atoms with Gasteiger partial charge in [-0.1, -0.05) is 23.9 Å². The van der Waals surface area contributed by atoms with Gasteiger partial charge >= 0.3 is 0 Å². The molecule has 3 aromatic rings. The van der Waals surface area contributed by atoms with Crippen molar-refractivity contribution in [3.63, 3.8) is 0 Å². The lowest BCUT2D eigenvalue weighted by Crippen LogP contribution is -2.45. The number of anilines is 1. The second-order valence-corrected chi connectivity index (χ2v) is 8.34. The molecule has 1 fully saturated rings. The van der Waals surface area contributed by atoms with E-state index in [-0.39, 0.29) is 5.56 Å². The predicted octanol–water partition coefficient (Wildman–Crippen LogP) is 2.42. The van der Waals surface area contributed by atoms with Gasteiger partial charge in [0.2, 0.25) is 5.95 Å². The van der Waals surface area contributed by atoms with Crippen molar-refractivity contribution in [2.45, 2.75) is 10.1 Å². The maximum Gasteiger partial charge on any atom is 0.252 e. The number of aromatic amines is 1. The van der Waals surface area contributed by atoms with Gasteiger partial charge in [-0.3, -0.25) is 9.78 Å². The van der Waals surface area contributed by atoms with E-state index in [1.807, 2.05) is 18.2 Å². The van der Waals surface area contributed by atoms with E-state index in [4.69, 9.17) is 0 Å². The molecule has 1 aromatic carbocycles. The quantitative estimate of drug-likeness (QED) is 0.709. The van der Waals surface area contributed by atoms with Crippen molar-refractivity contribution in [3.8, 4) is 0 Å². The molecular weight excluding hydrogens is 354 g/mol. The van der Waals surface area contributed by atoms with Crippen LogP contribution in [0.25, 0.3) is 10.2 Å². The third-order valence-electron chi connectivity index (χ3n) is 4.20. The number of H-pyrrole nitrogens is 1. The number of thioether (sulfide) groups is 1. The SMILES string of the molecule is CN1CCN(c2nc(CSc3nc4ccccc4s3)cc(=O)[nH]2)CC1. The summed E-state index contributed by atoms with van der Waals surface area (Å²) in [4.78, 5) is 28.6. The number of benzene rings is 1. The Hall–Kier alpha value is -1.90. The smallest absolute Gasteiger partial charge is 0.252 e.